The Hall–Kier alpha value is -1.54. The first kappa shape index (κ1) is 20.5. The molecule has 0 radical (unpaired) electrons. The van der Waals surface area contributed by atoms with Crippen molar-refractivity contribution < 1.29 is 24.6 Å². The van der Waals surface area contributed by atoms with Crippen LogP contribution in [-0.4, -0.2) is 45.6 Å². The van der Waals surface area contributed by atoms with Crippen LogP contribution in [0.4, 0.5) is 0 Å². The highest BCUT2D eigenvalue weighted by Gasteiger charge is 2.50. The van der Waals surface area contributed by atoms with E-state index in [9.17, 15) is 14.4 Å². The third-order valence-corrected chi connectivity index (χ3v) is 5.20. The molecule has 2 atom stereocenters. The van der Waals surface area contributed by atoms with E-state index in [1.54, 1.807) is 0 Å². The molecule has 1 saturated carbocycles. The number of carbonyl (C=O) groups is 3. The lowest BCUT2D eigenvalue weighted by atomic mass is 10.1. The summed E-state index contributed by atoms with van der Waals surface area (Å²) in [6, 6.07) is -0.851. The number of rotatable bonds is 11. The van der Waals surface area contributed by atoms with Crippen LogP contribution in [0.15, 0.2) is 11.8 Å². The minimum atomic E-state index is -1.14. The molecule has 8 heteroatoms. The summed E-state index contributed by atoms with van der Waals surface area (Å²) in [4.78, 5) is 33.7. The molecule has 0 saturated heterocycles. The van der Waals surface area contributed by atoms with E-state index in [1.807, 2.05) is 13.8 Å². The van der Waals surface area contributed by atoms with Gasteiger partial charge in [0.2, 0.25) is 5.91 Å². The number of nitrogens with one attached hydrogen (secondary N) is 1. The van der Waals surface area contributed by atoms with Crippen LogP contribution in [0.5, 0.6) is 0 Å². The van der Waals surface area contributed by atoms with Crippen molar-refractivity contribution in [2.24, 2.45) is 17.1 Å². The van der Waals surface area contributed by atoms with Crippen molar-refractivity contribution in [3.05, 3.63) is 11.8 Å². The molecule has 0 aromatic heterocycles. The number of carboxylic acid groups (broad SMARTS) is 2. The van der Waals surface area contributed by atoms with Gasteiger partial charge in [0, 0.05) is 11.7 Å². The van der Waals surface area contributed by atoms with E-state index in [0.29, 0.717) is 12.2 Å². The second-order valence-corrected chi connectivity index (χ2v) is 7.82. The van der Waals surface area contributed by atoms with Crippen molar-refractivity contribution in [2.75, 3.05) is 11.5 Å². The van der Waals surface area contributed by atoms with Crippen LogP contribution in [0.2, 0.25) is 0 Å². The van der Waals surface area contributed by atoms with Crippen molar-refractivity contribution in [1.29, 1.82) is 0 Å². The van der Waals surface area contributed by atoms with Crippen molar-refractivity contribution in [1.82, 2.24) is 5.32 Å². The van der Waals surface area contributed by atoms with E-state index in [2.05, 4.69) is 5.32 Å². The molecular weight excluding hydrogens is 332 g/mol. The number of hydrogen-bond acceptors (Lipinski definition) is 5. The number of thioether (sulfide) groups is 1. The fraction of sp³-hybridized carbons (Fsp3) is 0.688. The highest BCUT2D eigenvalue weighted by atomic mass is 32.2. The molecular formula is C16H26N2O5S. The summed E-state index contributed by atoms with van der Waals surface area (Å²) in [7, 11) is 0. The third-order valence-electron chi connectivity index (χ3n) is 4.02. The lowest BCUT2D eigenvalue weighted by molar-refractivity contribution is -0.138. The number of amides is 1. The van der Waals surface area contributed by atoms with Crippen molar-refractivity contribution in [3.8, 4) is 0 Å². The first-order chi connectivity index (χ1) is 11.1. The molecule has 7 nitrogen and oxygen atoms in total. The molecule has 24 heavy (non-hydrogen) atoms. The minimum absolute atomic E-state index is 0.0400. The Bertz CT molecular complexity index is 519. The minimum Gasteiger partial charge on any atom is -0.480 e. The van der Waals surface area contributed by atoms with Crippen molar-refractivity contribution in [3.63, 3.8) is 0 Å². The highest BCUT2D eigenvalue weighted by Crippen LogP contribution is 2.51. The molecule has 0 aromatic rings. The zero-order valence-electron chi connectivity index (χ0n) is 14.1. The van der Waals surface area contributed by atoms with Gasteiger partial charge < -0.3 is 21.3 Å². The van der Waals surface area contributed by atoms with E-state index in [-0.39, 0.29) is 22.9 Å². The van der Waals surface area contributed by atoms with Gasteiger partial charge in [0.25, 0.3) is 0 Å². The van der Waals surface area contributed by atoms with E-state index >= 15 is 0 Å². The lowest BCUT2D eigenvalue weighted by Crippen LogP contribution is -2.32. The molecule has 1 aliphatic rings. The predicted octanol–water partition coefficient (Wildman–Crippen LogP) is 1.43. The van der Waals surface area contributed by atoms with Crippen molar-refractivity contribution >= 4 is 29.6 Å². The summed E-state index contributed by atoms with van der Waals surface area (Å²) < 4.78 is 0. The van der Waals surface area contributed by atoms with Gasteiger partial charge >= 0.3 is 11.9 Å². The number of aliphatic carboxylic acids is 2. The van der Waals surface area contributed by atoms with E-state index < -0.39 is 18.0 Å². The fourth-order valence-corrected chi connectivity index (χ4v) is 3.17. The summed E-state index contributed by atoms with van der Waals surface area (Å²) in [5, 5.41) is 20.3. The summed E-state index contributed by atoms with van der Waals surface area (Å²) in [5.41, 5.74) is 5.28. The Morgan fingerprint density at radius 1 is 1.33 bits per heavy atom. The van der Waals surface area contributed by atoms with Crippen LogP contribution in [0.3, 0.4) is 0 Å². The van der Waals surface area contributed by atoms with Gasteiger partial charge in [0.1, 0.15) is 11.7 Å². The zero-order valence-corrected chi connectivity index (χ0v) is 14.9. The second kappa shape index (κ2) is 9.08. The smallest absolute Gasteiger partial charge is 0.352 e. The lowest BCUT2D eigenvalue weighted by Gasteiger charge is -2.08. The molecule has 0 spiro atoms. The molecule has 1 rings (SSSR count). The summed E-state index contributed by atoms with van der Waals surface area (Å²) in [6.07, 6.45) is 4.44. The average molecular weight is 358 g/mol. The van der Waals surface area contributed by atoms with Crippen molar-refractivity contribution in [2.45, 2.75) is 45.6 Å². The number of carboxylic acids is 2. The molecule has 0 aliphatic heterocycles. The normalized spacial score (nSPS) is 20.3. The average Bonchev–Trinajstić information content (AvgIpc) is 3.13. The topological polar surface area (TPSA) is 130 Å². The molecule has 0 heterocycles. The Labute approximate surface area is 146 Å². The Morgan fingerprint density at radius 2 is 1.96 bits per heavy atom. The molecule has 0 unspecified atom stereocenters. The van der Waals surface area contributed by atoms with Crippen LogP contribution >= 0.6 is 11.8 Å². The zero-order chi connectivity index (χ0) is 18.3. The molecule has 5 N–H and O–H groups in total. The van der Waals surface area contributed by atoms with Gasteiger partial charge in [0.15, 0.2) is 0 Å². The summed E-state index contributed by atoms with van der Waals surface area (Å²) in [5.74, 6) is -1.37. The molecule has 0 bridgehead atoms. The van der Waals surface area contributed by atoms with Crippen LogP contribution in [0, 0.1) is 11.3 Å². The molecule has 1 aliphatic carbocycles. The first-order valence-electron chi connectivity index (χ1n) is 7.95. The number of hydrogen-bond donors (Lipinski definition) is 4. The van der Waals surface area contributed by atoms with E-state index in [0.717, 1.165) is 25.0 Å². The van der Waals surface area contributed by atoms with E-state index in [1.165, 1.54) is 17.8 Å². The fourth-order valence-electron chi connectivity index (χ4n) is 2.20. The van der Waals surface area contributed by atoms with E-state index in [4.69, 9.17) is 15.9 Å². The van der Waals surface area contributed by atoms with Gasteiger partial charge in [-0.1, -0.05) is 19.9 Å². The maximum Gasteiger partial charge on any atom is 0.352 e. The van der Waals surface area contributed by atoms with Gasteiger partial charge in [-0.25, -0.2) is 4.79 Å². The van der Waals surface area contributed by atoms with Crippen LogP contribution in [-0.2, 0) is 14.4 Å². The number of nitrogens with two attached hydrogens (primary N) is 1. The first-order valence-corrected chi connectivity index (χ1v) is 9.11. The van der Waals surface area contributed by atoms with Gasteiger partial charge in [-0.15, -0.1) is 0 Å². The van der Waals surface area contributed by atoms with Crippen LogP contribution < -0.4 is 11.1 Å². The number of allylic oxidation sites excluding steroid dienone is 1. The van der Waals surface area contributed by atoms with Gasteiger partial charge in [0.05, 0.1) is 0 Å². The third kappa shape index (κ3) is 6.92. The number of carbonyl (C=O) groups excluding carboxylic acids is 1. The monoisotopic (exact) mass is 358 g/mol. The molecule has 1 amide bonds. The second-order valence-electron chi connectivity index (χ2n) is 6.67. The Balaban J connectivity index is 2.25. The molecule has 1 fully saturated rings. The van der Waals surface area contributed by atoms with Crippen LogP contribution in [0.1, 0.15) is 39.5 Å². The van der Waals surface area contributed by atoms with Crippen LogP contribution in [0.25, 0.3) is 0 Å². The Morgan fingerprint density at radius 3 is 2.46 bits per heavy atom. The SMILES string of the molecule is CC1(C)C[C@@H]1C(=O)N/C(=C/CCCCSC[C@H](N)C(=O)O)C(=O)O. The quantitative estimate of drug-likeness (QED) is 0.325. The van der Waals surface area contributed by atoms with Gasteiger partial charge in [-0.2, -0.15) is 11.8 Å². The number of unbranched alkanes of at least 4 members (excludes halogenated alkanes) is 2. The standard InChI is InChI=1S/C16H26N2O5S/c1-16(2)8-10(16)13(19)18-12(15(22)23)6-4-3-5-7-24-9-11(17)14(20)21/h6,10-11H,3-5,7-9,17H2,1-2H3,(H,18,19)(H,20,21)(H,22,23)/b12-6+/t10-,11+/m1/s1. The summed E-state index contributed by atoms with van der Waals surface area (Å²) in [6.45, 7) is 3.96. The maximum atomic E-state index is 12.0. The highest BCUT2D eigenvalue weighted by molar-refractivity contribution is 7.99. The maximum absolute atomic E-state index is 12.0. The summed E-state index contributed by atoms with van der Waals surface area (Å²) >= 11 is 1.46. The molecule has 0 aromatic carbocycles. The molecule has 136 valence electrons. The van der Waals surface area contributed by atoms with Gasteiger partial charge in [-0.05, 0) is 36.9 Å². The largest absolute Gasteiger partial charge is 0.480 e. The van der Waals surface area contributed by atoms with Gasteiger partial charge in [-0.3, -0.25) is 9.59 Å². The predicted molar refractivity (Wildman–Crippen MR) is 92.5 cm³/mol. The Kier molecular flexibility index (Phi) is 7.75.